The SMILES string of the molecule is O=C(O)c1cc2nc(-c3ccc(Cc4ccccc4)cc3)c(C3CCCCC3)c(=O)n2[nH]1. The molecule has 5 rings (SSSR count). The summed E-state index contributed by atoms with van der Waals surface area (Å²) in [5.74, 6) is -0.975. The number of aromatic carboxylic acids is 1. The summed E-state index contributed by atoms with van der Waals surface area (Å²) in [5.41, 5.74) is 4.77. The quantitative estimate of drug-likeness (QED) is 0.468. The molecular weight excluding hydrogens is 402 g/mol. The first-order chi connectivity index (χ1) is 15.6. The molecule has 2 aromatic carbocycles. The molecule has 1 aliphatic carbocycles. The van der Waals surface area contributed by atoms with Gasteiger partial charge < -0.3 is 5.11 Å². The average molecular weight is 428 g/mol. The van der Waals surface area contributed by atoms with Crippen molar-refractivity contribution in [1.82, 2.24) is 14.6 Å². The van der Waals surface area contributed by atoms with Crippen LogP contribution < -0.4 is 5.56 Å². The number of aromatic nitrogens is 3. The summed E-state index contributed by atoms with van der Waals surface area (Å²) in [6.07, 6.45) is 6.11. The summed E-state index contributed by atoms with van der Waals surface area (Å²) < 4.78 is 1.28. The number of aromatic amines is 1. The second-order valence-electron chi connectivity index (χ2n) is 8.54. The Balaban J connectivity index is 1.59. The van der Waals surface area contributed by atoms with Gasteiger partial charge in [0.15, 0.2) is 5.65 Å². The molecule has 6 heteroatoms. The highest BCUT2D eigenvalue weighted by atomic mass is 16.4. The third-order valence-electron chi connectivity index (χ3n) is 6.37. The number of fused-ring (bicyclic) bond motifs is 1. The van der Waals surface area contributed by atoms with Gasteiger partial charge in [-0.15, -0.1) is 0 Å². The first-order valence-electron chi connectivity index (χ1n) is 11.1. The van der Waals surface area contributed by atoms with Crippen LogP contribution in [0.1, 0.15) is 65.2 Å². The molecule has 0 aliphatic heterocycles. The Kier molecular flexibility index (Phi) is 5.35. The van der Waals surface area contributed by atoms with Crippen LogP contribution in [-0.2, 0) is 6.42 Å². The highest BCUT2D eigenvalue weighted by Gasteiger charge is 2.26. The lowest BCUT2D eigenvalue weighted by atomic mass is 9.83. The van der Waals surface area contributed by atoms with E-state index in [1.807, 2.05) is 30.3 Å². The maximum atomic E-state index is 13.5. The molecule has 1 fully saturated rings. The fourth-order valence-corrected chi connectivity index (χ4v) is 4.74. The van der Waals surface area contributed by atoms with Gasteiger partial charge in [0.1, 0.15) is 5.69 Å². The minimum Gasteiger partial charge on any atom is -0.477 e. The molecule has 6 nitrogen and oxygen atoms in total. The molecule has 162 valence electrons. The number of carbonyl (C=O) groups is 1. The van der Waals surface area contributed by atoms with Gasteiger partial charge in [0, 0.05) is 17.2 Å². The van der Waals surface area contributed by atoms with E-state index in [0.717, 1.165) is 37.7 Å². The number of carboxylic acid groups (broad SMARTS) is 1. The van der Waals surface area contributed by atoms with Crippen LogP contribution in [0.15, 0.2) is 65.5 Å². The molecule has 0 unspecified atom stereocenters. The van der Waals surface area contributed by atoms with Crippen molar-refractivity contribution in [3.63, 3.8) is 0 Å². The van der Waals surface area contributed by atoms with Crippen molar-refractivity contribution in [3.05, 3.63) is 93.4 Å². The summed E-state index contributed by atoms with van der Waals surface area (Å²) >= 11 is 0. The number of carboxylic acids is 1. The van der Waals surface area contributed by atoms with Crippen molar-refractivity contribution >= 4 is 11.6 Å². The lowest BCUT2D eigenvalue weighted by Crippen LogP contribution is -2.25. The van der Waals surface area contributed by atoms with Gasteiger partial charge in [0.25, 0.3) is 5.56 Å². The molecule has 0 atom stereocenters. The summed E-state index contributed by atoms with van der Waals surface area (Å²) in [5, 5.41) is 12.1. The van der Waals surface area contributed by atoms with Gasteiger partial charge in [0.05, 0.1) is 5.69 Å². The fourth-order valence-electron chi connectivity index (χ4n) is 4.74. The van der Waals surface area contributed by atoms with Gasteiger partial charge in [-0.25, -0.2) is 14.3 Å². The predicted molar refractivity (Wildman–Crippen MR) is 123 cm³/mol. The molecule has 0 bridgehead atoms. The minimum atomic E-state index is -1.11. The van der Waals surface area contributed by atoms with Crippen molar-refractivity contribution in [2.75, 3.05) is 0 Å². The van der Waals surface area contributed by atoms with Crippen LogP contribution >= 0.6 is 0 Å². The zero-order valence-corrected chi connectivity index (χ0v) is 17.8. The zero-order chi connectivity index (χ0) is 22.1. The van der Waals surface area contributed by atoms with Gasteiger partial charge in [-0.2, -0.15) is 0 Å². The molecule has 4 aromatic rings. The minimum absolute atomic E-state index is 0.0421. The van der Waals surface area contributed by atoms with Crippen LogP contribution in [0.25, 0.3) is 16.9 Å². The molecule has 0 radical (unpaired) electrons. The van der Waals surface area contributed by atoms with Gasteiger partial charge in [0.2, 0.25) is 0 Å². The molecule has 32 heavy (non-hydrogen) atoms. The highest BCUT2D eigenvalue weighted by Crippen LogP contribution is 2.36. The lowest BCUT2D eigenvalue weighted by molar-refractivity contribution is 0.0690. The van der Waals surface area contributed by atoms with E-state index in [1.54, 1.807) is 0 Å². The Morgan fingerprint density at radius 3 is 2.38 bits per heavy atom. The number of H-pyrrole nitrogens is 1. The van der Waals surface area contributed by atoms with E-state index < -0.39 is 5.97 Å². The monoisotopic (exact) mass is 427 g/mol. The highest BCUT2D eigenvalue weighted by molar-refractivity contribution is 5.86. The van der Waals surface area contributed by atoms with Crippen LogP contribution in [0.2, 0.25) is 0 Å². The second-order valence-corrected chi connectivity index (χ2v) is 8.54. The smallest absolute Gasteiger partial charge is 0.353 e. The average Bonchev–Trinajstić information content (AvgIpc) is 3.26. The molecule has 1 aliphatic rings. The van der Waals surface area contributed by atoms with Crippen molar-refractivity contribution < 1.29 is 9.90 Å². The summed E-state index contributed by atoms with van der Waals surface area (Å²) in [7, 11) is 0. The summed E-state index contributed by atoms with van der Waals surface area (Å²) in [4.78, 5) is 29.7. The van der Waals surface area contributed by atoms with Crippen LogP contribution in [0.4, 0.5) is 0 Å². The van der Waals surface area contributed by atoms with Gasteiger partial charge in [-0.05, 0) is 36.3 Å². The Morgan fingerprint density at radius 2 is 1.69 bits per heavy atom. The van der Waals surface area contributed by atoms with E-state index in [0.29, 0.717) is 16.9 Å². The molecule has 0 amide bonds. The molecule has 2 aromatic heterocycles. The van der Waals surface area contributed by atoms with E-state index in [1.165, 1.54) is 28.1 Å². The van der Waals surface area contributed by atoms with Gasteiger partial charge >= 0.3 is 5.97 Å². The maximum Gasteiger partial charge on any atom is 0.353 e. The third kappa shape index (κ3) is 3.84. The Morgan fingerprint density at radius 1 is 1.00 bits per heavy atom. The first kappa shape index (κ1) is 20.2. The van der Waals surface area contributed by atoms with Crippen LogP contribution in [-0.4, -0.2) is 25.7 Å². The molecular formula is C26H25N3O3. The van der Waals surface area contributed by atoms with E-state index in [4.69, 9.17) is 4.98 Å². The van der Waals surface area contributed by atoms with Gasteiger partial charge in [-0.3, -0.25) is 9.89 Å². The number of hydrogen-bond donors (Lipinski definition) is 2. The number of nitrogens with one attached hydrogen (secondary N) is 1. The number of rotatable bonds is 5. The maximum absolute atomic E-state index is 13.5. The largest absolute Gasteiger partial charge is 0.477 e. The summed E-state index contributed by atoms with van der Waals surface area (Å²) in [6.45, 7) is 0. The summed E-state index contributed by atoms with van der Waals surface area (Å²) in [6, 6.07) is 19.9. The van der Waals surface area contributed by atoms with E-state index in [9.17, 15) is 14.7 Å². The molecule has 0 saturated heterocycles. The van der Waals surface area contributed by atoms with Crippen LogP contribution in [0.5, 0.6) is 0 Å². The molecule has 2 heterocycles. The van der Waals surface area contributed by atoms with Crippen LogP contribution in [0, 0.1) is 0 Å². The van der Waals surface area contributed by atoms with Crippen molar-refractivity contribution in [1.29, 1.82) is 0 Å². The predicted octanol–water partition coefficient (Wildman–Crippen LogP) is 5.03. The van der Waals surface area contributed by atoms with E-state index >= 15 is 0 Å². The first-order valence-corrected chi connectivity index (χ1v) is 11.1. The topological polar surface area (TPSA) is 87.5 Å². The van der Waals surface area contributed by atoms with E-state index in [2.05, 4.69) is 29.4 Å². The van der Waals surface area contributed by atoms with Crippen molar-refractivity contribution in [2.24, 2.45) is 0 Å². The normalized spacial score (nSPS) is 14.6. The zero-order valence-electron chi connectivity index (χ0n) is 17.8. The number of nitrogens with zero attached hydrogens (tertiary/aromatic N) is 2. The Bertz CT molecular complexity index is 1310. The standard InChI is InChI=1S/C26H25N3O3/c30-25-23(19-9-5-2-6-10-19)24(27-22-16-21(26(31)32)28-29(22)25)20-13-11-18(12-14-20)15-17-7-3-1-4-8-17/h1,3-4,7-8,11-14,16,19,28H,2,5-6,9-10,15H2,(H,31,32). The Labute approximate surface area is 185 Å². The molecule has 2 N–H and O–H groups in total. The van der Waals surface area contributed by atoms with Gasteiger partial charge in [-0.1, -0.05) is 73.9 Å². The molecule has 0 spiro atoms. The Hall–Kier alpha value is -3.67. The fraction of sp³-hybridized carbons (Fsp3) is 0.269. The number of benzene rings is 2. The third-order valence-corrected chi connectivity index (χ3v) is 6.37. The lowest BCUT2D eigenvalue weighted by Gasteiger charge is -2.23. The van der Waals surface area contributed by atoms with Crippen molar-refractivity contribution in [2.45, 2.75) is 44.4 Å². The molecule has 1 saturated carbocycles. The second kappa shape index (κ2) is 8.46. The van der Waals surface area contributed by atoms with Crippen LogP contribution in [0.3, 0.4) is 0 Å². The van der Waals surface area contributed by atoms with E-state index in [-0.39, 0.29) is 17.2 Å². The number of hydrogen-bond acceptors (Lipinski definition) is 3. The van der Waals surface area contributed by atoms with Crippen molar-refractivity contribution in [3.8, 4) is 11.3 Å².